The molecule has 0 aliphatic rings. The standard InChI is InChI=1S/C20H12Cl3N3/c21-12-9-10-18(16(23)11-12)25-20-14-6-2-4-8-17(14)24-19(26-20)13-5-1-3-7-15(13)22/h1-11H,(H,24,25,26). The molecule has 4 rings (SSSR count). The second-order valence-electron chi connectivity index (χ2n) is 5.64. The number of rotatable bonds is 3. The first-order valence-corrected chi connectivity index (χ1v) is 8.99. The van der Waals surface area contributed by atoms with Crippen molar-refractivity contribution in [2.45, 2.75) is 0 Å². The third-order valence-electron chi connectivity index (χ3n) is 3.90. The predicted molar refractivity (Wildman–Crippen MR) is 110 cm³/mol. The molecule has 0 saturated carbocycles. The van der Waals surface area contributed by atoms with Gasteiger partial charge in [0.25, 0.3) is 0 Å². The molecule has 1 heterocycles. The van der Waals surface area contributed by atoms with Crippen molar-refractivity contribution in [1.82, 2.24) is 9.97 Å². The van der Waals surface area contributed by atoms with Crippen LogP contribution in [-0.4, -0.2) is 9.97 Å². The monoisotopic (exact) mass is 399 g/mol. The molecular formula is C20H12Cl3N3. The van der Waals surface area contributed by atoms with Crippen LogP contribution in [0.4, 0.5) is 11.5 Å². The molecule has 3 aromatic carbocycles. The molecule has 0 radical (unpaired) electrons. The van der Waals surface area contributed by atoms with E-state index in [0.29, 0.717) is 32.4 Å². The van der Waals surface area contributed by atoms with E-state index in [4.69, 9.17) is 39.8 Å². The van der Waals surface area contributed by atoms with E-state index in [0.717, 1.165) is 16.5 Å². The Morgan fingerprint density at radius 1 is 0.731 bits per heavy atom. The van der Waals surface area contributed by atoms with Gasteiger partial charge in [0.2, 0.25) is 0 Å². The molecule has 3 nitrogen and oxygen atoms in total. The van der Waals surface area contributed by atoms with Crippen molar-refractivity contribution in [1.29, 1.82) is 0 Å². The second-order valence-corrected chi connectivity index (χ2v) is 6.89. The number of halogens is 3. The van der Waals surface area contributed by atoms with Crippen LogP contribution in [0.25, 0.3) is 22.3 Å². The first kappa shape index (κ1) is 17.1. The lowest BCUT2D eigenvalue weighted by atomic mass is 10.1. The Morgan fingerprint density at radius 3 is 2.31 bits per heavy atom. The smallest absolute Gasteiger partial charge is 0.163 e. The topological polar surface area (TPSA) is 37.8 Å². The number of para-hydroxylation sites is 1. The molecule has 0 spiro atoms. The van der Waals surface area contributed by atoms with Crippen molar-refractivity contribution in [3.63, 3.8) is 0 Å². The molecule has 0 bridgehead atoms. The fourth-order valence-electron chi connectivity index (χ4n) is 2.65. The van der Waals surface area contributed by atoms with Gasteiger partial charge in [0, 0.05) is 16.0 Å². The molecule has 26 heavy (non-hydrogen) atoms. The molecule has 4 aromatic rings. The lowest BCUT2D eigenvalue weighted by Gasteiger charge is -2.13. The van der Waals surface area contributed by atoms with E-state index in [1.807, 2.05) is 54.6 Å². The van der Waals surface area contributed by atoms with Crippen molar-refractivity contribution >= 4 is 57.2 Å². The van der Waals surface area contributed by atoms with Gasteiger partial charge in [0.15, 0.2) is 5.82 Å². The molecule has 0 aliphatic carbocycles. The fourth-order valence-corrected chi connectivity index (χ4v) is 3.33. The van der Waals surface area contributed by atoms with Gasteiger partial charge in [0.1, 0.15) is 5.82 Å². The van der Waals surface area contributed by atoms with Crippen LogP contribution in [0.2, 0.25) is 15.1 Å². The maximum absolute atomic E-state index is 6.33. The fraction of sp³-hybridized carbons (Fsp3) is 0. The lowest BCUT2D eigenvalue weighted by molar-refractivity contribution is 1.22. The van der Waals surface area contributed by atoms with Crippen LogP contribution in [0.3, 0.4) is 0 Å². The van der Waals surface area contributed by atoms with Gasteiger partial charge < -0.3 is 5.32 Å². The summed E-state index contributed by atoms with van der Waals surface area (Å²) in [6, 6.07) is 20.5. The summed E-state index contributed by atoms with van der Waals surface area (Å²) < 4.78 is 0. The molecule has 0 saturated heterocycles. The zero-order chi connectivity index (χ0) is 18.1. The summed E-state index contributed by atoms with van der Waals surface area (Å²) in [7, 11) is 0. The number of hydrogen-bond donors (Lipinski definition) is 1. The number of nitrogens with one attached hydrogen (secondary N) is 1. The Labute approximate surface area is 165 Å². The molecular weight excluding hydrogens is 389 g/mol. The Morgan fingerprint density at radius 2 is 1.50 bits per heavy atom. The molecule has 128 valence electrons. The van der Waals surface area contributed by atoms with Gasteiger partial charge in [0.05, 0.1) is 21.2 Å². The molecule has 0 fully saturated rings. The van der Waals surface area contributed by atoms with E-state index in [2.05, 4.69) is 10.3 Å². The van der Waals surface area contributed by atoms with Crippen molar-refractivity contribution in [3.8, 4) is 11.4 Å². The van der Waals surface area contributed by atoms with E-state index in [1.165, 1.54) is 0 Å². The van der Waals surface area contributed by atoms with Gasteiger partial charge in [-0.25, -0.2) is 9.97 Å². The number of fused-ring (bicyclic) bond motifs is 1. The van der Waals surface area contributed by atoms with Crippen LogP contribution in [0.15, 0.2) is 66.7 Å². The summed E-state index contributed by atoms with van der Waals surface area (Å²) in [5.41, 5.74) is 2.29. The predicted octanol–water partition coefficient (Wildman–Crippen LogP) is 7.00. The average Bonchev–Trinajstić information content (AvgIpc) is 2.64. The molecule has 0 unspecified atom stereocenters. The highest BCUT2D eigenvalue weighted by molar-refractivity contribution is 6.36. The van der Waals surface area contributed by atoms with Crippen LogP contribution in [-0.2, 0) is 0 Å². The van der Waals surface area contributed by atoms with Gasteiger partial charge in [-0.05, 0) is 42.5 Å². The van der Waals surface area contributed by atoms with Gasteiger partial charge in [-0.2, -0.15) is 0 Å². The molecule has 1 aromatic heterocycles. The Hall–Kier alpha value is -2.33. The highest BCUT2D eigenvalue weighted by Crippen LogP contribution is 2.33. The summed E-state index contributed by atoms with van der Waals surface area (Å²) in [5.74, 6) is 1.19. The first-order valence-electron chi connectivity index (χ1n) is 7.85. The van der Waals surface area contributed by atoms with E-state index in [-0.39, 0.29) is 0 Å². The number of hydrogen-bond acceptors (Lipinski definition) is 3. The van der Waals surface area contributed by atoms with Crippen LogP contribution < -0.4 is 5.32 Å². The number of benzene rings is 3. The summed E-state index contributed by atoms with van der Waals surface area (Å²) >= 11 is 18.6. The van der Waals surface area contributed by atoms with Gasteiger partial charge >= 0.3 is 0 Å². The van der Waals surface area contributed by atoms with Crippen molar-refractivity contribution < 1.29 is 0 Å². The van der Waals surface area contributed by atoms with E-state index < -0.39 is 0 Å². The minimum absolute atomic E-state index is 0.513. The quantitative estimate of drug-likeness (QED) is 0.402. The minimum Gasteiger partial charge on any atom is -0.338 e. The maximum atomic E-state index is 6.33. The molecule has 0 amide bonds. The first-order chi connectivity index (χ1) is 12.6. The van der Waals surface area contributed by atoms with Crippen LogP contribution in [0, 0.1) is 0 Å². The summed E-state index contributed by atoms with van der Waals surface area (Å²) in [4.78, 5) is 9.35. The number of anilines is 2. The van der Waals surface area contributed by atoms with E-state index in [9.17, 15) is 0 Å². The zero-order valence-electron chi connectivity index (χ0n) is 13.4. The Balaban J connectivity index is 1.89. The van der Waals surface area contributed by atoms with Crippen LogP contribution >= 0.6 is 34.8 Å². The maximum Gasteiger partial charge on any atom is 0.163 e. The second kappa shape index (κ2) is 7.12. The largest absolute Gasteiger partial charge is 0.338 e. The van der Waals surface area contributed by atoms with E-state index in [1.54, 1.807) is 12.1 Å². The Kier molecular flexibility index (Phi) is 4.68. The van der Waals surface area contributed by atoms with Crippen molar-refractivity contribution in [3.05, 3.63) is 81.8 Å². The zero-order valence-corrected chi connectivity index (χ0v) is 15.6. The summed E-state index contributed by atoms with van der Waals surface area (Å²) in [6.45, 7) is 0. The average molecular weight is 401 g/mol. The molecule has 1 N–H and O–H groups in total. The SMILES string of the molecule is Clc1ccc(Nc2nc(-c3ccccc3Cl)nc3ccccc23)c(Cl)c1. The van der Waals surface area contributed by atoms with Crippen molar-refractivity contribution in [2.24, 2.45) is 0 Å². The van der Waals surface area contributed by atoms with Crippen LogP contribution in [0.5, 0.6) is 0 Å². The number of nitrogens with zero attached hydrogens (tertiary/aromatic N) is 2. The summed E-state index contributed by atoms with van der Waals surface area (Å²) in [5, 5.41) is 5.85. The molecule has 6 heteroatoms. The third kappa shape index (κ3) is 3.34. The minimum atomic E-state index is 0.513. The van der Waals surface area contributed by atoms with Gasteiger partial charge in [-0.3, -0.25) is 0 Å². The van der Waals surface area contributed by atoms with E-state index >= 15 is 0 Å². The molecule has 0 aliphatic heterocycles. The number of aromatic nitrogens is 2. The van der Waals surface area contributed by atoms with Gasteiger partial charge in [-0.15, -0.1) is 0 Å². The highest BCUT2D eigenvalue weighted by Gasteiger charge is 2.12. The summed E-state index contributed by atoms with van der Waals surface area (Å²) in [6.07, 6.45) is 0. The van der Waals surface area contributed by atoms with Crippen molar-refractivity contribution in [2.75, 3.05) is 5.32 Å². The Bertz CT molecular complexity index is 1110. The normalized spacial score (nSPS) is 10.9. The lowest BCUT2D eigenvalue weighted by Crippen LogP contribution is -2.00. The third-order valence-corrected chi connectivity index (χ3v) is 4.78. The highest BCUT2D eigenvalue weighted by atomic mass is 35.5. The van der Waals surface area contributed by atoms with Crippen LogP contribution in [0.1, 0.15) is 0 Å². The van der Waals surface area contributed by atoms with Gasteiger partial charge in [-0.1, -0.05) is 59.1 Å². The molecule has 0 atom stereocenters.